The number of hydrogen-bond acceptors (Lipinski definition) is 3. The van der Waals surface area contributed by atoms with Gasteiger partial charge in [-0.25, -0.2) is 4.98 Å². The molecule has 1 aromatic heterocycles. The van der Waals surface area contributed by atoms with Gasteiger partial charge in [0.05, 0.1) is 17.8 Å². The zero-order valence-corrected chi connectivity index (χ0v) is 9.48. The molecule has 1 heterocycles. The fourth-order valence-electron chi connectivity index (χ4n) is 1.98. The number of para-hydroxylation sites is 1. The van der Waals surface area contributed by atoms with Gasteiger partial charge in [0.2, 0.25) is 0 Å². The van der Waals surface area contributed by atoms with E-state index in [9.17, 15) is 0 Å². The molecule has 0 spiro atoms. The first-order valence-electron chi connectivity index (χ1n) is 5.62. The average molecular weight is 219 g/mol. The topological polar surface area (TPSA) is 64.1 Å². The molecule has 0 saturated carbocycles. The molecule has 2 aromatic rings. The molecule has 0 aliphatic heterocycles. The van der Waals surface area contributed by atoms with Crippen LogP contribution in [0.2, 0.25) is 0 Å². The van der Waals surface area contributed by atoms with Gasteiger partial charge in [-0.3, -0.25) is 0 Å². The van der Waals surface area contributed by atoms with Crippen molar-refractivity contribution >= 4 is 16.7 Å². The monoisotopic (exact) mass is 219 g/mol. The largest absolute Gasteiger partial charge is 0.397 e. The molecule has 0 amide bonds. The summed E-state index contributed by atoms with van der Waals surface area (Å²) < 4.78 is 2.05. The minimum absolute atomic E-state index is 0.122. The number of benzene rings is 1. The van der Waals surface area contributed by atoms with Crippen LogP contribution in [-0.4, -0.2) is 21.3 Å². The minimum Gasteiger partial charge on any atom is -0.397 e. The molecule has 0 bridgehead atoms. The van der Waals surface area contributed by atoms with E-state index in [4.69, 9.17) is 10.8 Å². The Kier molecular flexibility index (Phi) is 3.10. The summed E-state index contributed by atoms with van der Waals surface area (Å²) in [7, 11) is 0. The van der Waals surface area contributed by atoms with Crippen molar-refractivity contribution in [2.75, 3.05) is 12.3 Å². The summed E-state index contributed by atoms with van der Waals surface area (Å²) >= 11 is 0. The lowest BCUT2D eigenvalue weighted by molar-refractivity contribution is 0.276. The maximum atomic E-state index is 9.08. The maximum absolute atomic E-state index is 9.08. The molecule has 16 heavy (non-hydrogen) atoms. The predicted molar refractivity (Wildman–Crippen MR) is 65.2 cm³/mol. The first-order valence-corrected chi connectivity index (χ1v) is 5.62. The number of aliphatic hydroxyl groups is 1. The smallest absolute Gasteiger partial charge is 0.112 e. The van der Waals surface area contributed by atoms with E-state index in [1.54, 1.807) is 0 Å². The molecule has 0 unspecified atom stereocenters. The molecule has 86 valence electrons. The van der Waals surface area contributed by atoms with E-state index in [1.807, 2.05) is 18.2 Å². The first-order chi connectivity index (χ1) is 7.77. The van der Waals surface area contributed by atoms with Crippen LogP contribution >= 0.6 is 0 Å². The third kappa shape index (κ3) is 1.76. The van der Waals surface area contributed by atoms with E-state index in [0.717, 1.165) is 29.7 Å². The number of hydrogen-bond donors (Lipinski definition) is 2. The Labute approximate surface area is 94.7 Å². The van der Waals surface area contributed by atoms with Gasteiger partial charge in [-0.2, -0.15) is 0 Å². The van der Waals surface area contributed by atoms with Gasteiger partial charge in [-0.05, 0) is 18.6 Å². The van der Waals surface area contributed by atoms with E-state index in [0.29, 0.717) is 12.2 Å². The van der Waals surface area contributed by atoms with E-state index in [2.05, 4.69) is 16.5 Å². The highest BCUT2D eigenvalue weighted by Gasteiger charge is 2.10. The number of nitrogen functional groups attached to an aromatic ring is 1. The predicted octanol–water partition coefficient (Wildman–Crippen LogP) is 1.56. The van der Waals surface area contributed by atoms with Gasteiger partial charge < -0.3 is 15.4 Å². The standard InChI is InChI=1S/C12H17N3O/c1-2-4-11-14-12-9(13)5-3-6-10(12)15(11)7-8-16/h3,5-6,16H,2,4,7-8,13H2,1H3. The van der Waals surface area contributed by atoms with Crippen LogP contribution in [0.25, 0.3) is 11.0 Å². The Morgan fingerprint density at radius 1 is 1.44 bits per heavy atom. The Morgan fingerprint density at radius 3 is 2.94 bits per heavy atom. The number of anilines is 1. The van der Waals surface area contributed by atoms with Crippen LogP contribution in [-0.2, 0) is 13.0 Å². The zero-order valence-electron chi connectivity index (χ0n) is 9.48. The van der Waals surface area contributed by atoms with Crippen molar-refractivity contribution in [1.29, 1.82) is 0 Å². The maximum Gasteiger partial charge on any atom is 0.112 e. The molecule has 0 atom stereocenters. The molecule has 0 radical (unpaired) electrons. The Bertz CT molecular complexity index is 490. The summed E-state index contributed by atoms with van der Waals surface area (Å²) in [4.78, 5) is 4.55. The fourth-order valence-corrected chi connectivity index (χ4v) is 1.98. The number of fused-ring (bicyclic) bond motifs is 1. The number of imidazole rings is 1. The van der Waals surface area contributed by atoms with Crippen LogP contribution in [0, 0.1) is 0 Å². The van der Waals surface area contributed by atoms with Crippen LogP contribution in [0.4, 0.5) is 5.69 Å². The van der Waals surface area contributed by atoms with Crippen molar-refractivity contribution in [3.8, 4) is 0 Å². The molecule has 0 aliphatic carbocycles. The van der Waals surface area contributed by atoms with Gasteiger partial charge >= 0.3 is 0 Å². The second kappa shape index (κ2) is 4.53. The Balaban J connectivity index is 2.60. The first kappa shape index (κ1) is 11.0. The second-order valence-electron chi connectivity index (χ2n) is 3.87. The molecule has 2 rings (SSSR count). The van der Waals surface area contributed by atoms with Crippen LogP contribution < -0.4 is 5.73 Å². The lowest BCUT2D eigenvalue weighted by atomic mass is 10.3. The number of nitrogens with zero attached hydrogens (tertiary/aromatic N) is 2. The Morgan fingerprint density at radius 2 is 2.25 bits per heavy atom. The number of nitrogens with two attached hydrogens (primary N) is 1. The number of aryl methyl sites for hydroxylation is 1. The van der Waals surface area contributed by atoms with Gasteiger partial charge in [0.25, 0.3) is 0 Å². The van der Waals surface area contributed by atoms with Crippen LogP contribution in [0.1, 0.15) is 19.2 Å². The average Bonchev–Trinajstić information content (AvgIpc) is 2.61. The Hall–Kier alpha value is -1.55. The number of rotatable bonds is 4. The third-order valence-electron chi connectivity index (χ3n) is 2.69. The van der Waals surface area contributed by atoms with Crippen molar-refractivity contribution in [3.63, 3.8) is 0 Å². The van der Waals surface area contributed by atoms with E-state index in [-0.39, 0.29) is 6.61 Å². The minimum atomic E-state index is 0.122. The lowest BCUT2D eigenvalue weighted by Crippen LogP contribution is -2.06. The van der Waals surface area contributed by atoms with Gasteiger partial charge in [-0.1, -0.05) is 13.0 Å². The van der Waals surface area contributed by atoms with Crippen LogP contribution in [0.3, 0.4) is 0 Å². The van der Waals surface area contributed by atoms with Crippen molar-refractivity contribution < 1.29 is 5.11 Å². The lowest BCUT2D eigenvalue weighted by Gasteiger charge is -2.05. The zero-order chi connectivity index (χ0) is 11.5. The van der Waals surface area contributed by atoms with Gasteiger partial charge in [0.1, 0.15) is 11.3 Å². The molecule has 0 aliphatic rings. The number of aromatic nitrogens is 2. The molecule has 4 nitrogen and oxygen atoms in total. The van der Waals surface area contributed by atoms with Gasteiger partial charge in [0.15, 0.2) is 0 Å². The molecule has 0 saturated heterocycles. The molecular weight excluding hydrogens is 202 g/mol. The molecule has 1 aromatic carbocycles. The quantitative estimate of drug-likeness (QED) is 0.767. The van der Waals surface area contributed by atoms with Crippen molar-refractivity contribution in [1.82, 2.24) is 9.55 Å². The van der Waals surface area contributed by atoms with Crippen molar-refractivity contribution in [2.24, 2.45) is 0 Å². The normalized spacial score (nSPS) is 11.1. The summed E-state index contributed by atoms with van der Waals surface area (Å²) in [5, 5.41) is 9.08. The molecule has 4 heteroatoms. The van der Waals surface area contributed by atoms with Crippen LogP contribution in [0.15, 0.2) is 18.2 Å². The SMILES string of the molecule is CCCc1nc2c(N)cccc2n1CCO. The fraction of sp³-hybridized carbons (Fsp3) is 0.417. The number of aliphatic hydroxyl groups excluding tert-OH is 1. The summed E-state index contributed by atoms with van der Waals surface area (Å²) in [6.07, 6.45) is 1.95. The third-order valence-corrected chi connectivity index (χ3v) is 2.69. The molecular formula is C12H17N3O. The highest BCUT2D eigenvalue weighted by atomic mass is 16.3. The van der Waals surface area contributed by atoms with Crippen molar-refractivity contribution in [3.05, 3.63) is 24.0 Å². The second-order valence-corrected chi connectivity index (χ2v) is 3.87. The highest BCUT2D eigenvalue weighted by molar-refractivity contribution is 5.87. The molecule has 0 fully saturated rings. The van der Waals surface area contributed by atoms with E-state index >= 15 is 0 Å². The highest BCUT2D eigenvalue weighted by Crippen LogP contribution is 2.22. The summed E-state index contributed by atoms with van der Waals surface area (Å²) in [5.41, 5.74) is 8.45. The van der Waals surface area contributed by atoms with E-state index < -0.39 is 0 Å². The molecule has 3 N–H and O–H groups in total. The van der Waals surface area contributed by atoms with E-state index in [1.165, 1.54) is 0 Å². The van der Waals surface area contributed by atoms with Crippen molar-refractivity contribution in [2.45, 2.75) is 26.3 Å². The summed E-state index contributed by atoms with van der Waals surface area (Å²) in [6, 6.07) is 5.77. The van der Waals surface area contributed by atoms with Gasteiger partial charge in [0, 0.05) is 13.0 Å². The summed E-state index contributed by atoms with van der Waals surface area (Å²) in [5.74, 6) is 1.00. The summed E-state index contributed by atoms with van der Waals surface area (Å²) in [6.45, 7) is 2.82. The van der Waals surface area contributed by atoms with Gasteiger partial charge in [-0.15, -0.1) is 0 Å². The van der Waals surface area contributed by atoms with Crippen LogP contribution in [0.5, 0.6) is 0 Å².